The second kappa shape index (κ2) is 7.43. The summed E-state index contributed by atoms with van der Waals surface area (Å²) in [5, 5.41) is 15.2. The van der Waals surface area contributed by atoms with Crippen molar-refractivity contribution in [3.8, 4) is 11.6 Å². The lowest BCUT2D eigenvalue weighted by atomic mass is 10.1. The maximum absolute atomic E-state index is 12.2. The summed E-state index contributed by atoms with van der Waals surface area (Å²) >= 11 is 3.39. The van der Waals surface area contributed by atoms with Crippen molar-refractivity contribution in [2.24, 2.45) is 12.0 Å². The van der Waals surface area contributed by atoms with Crippen molar-refractivity contribution in [3.63, 3.8) is 0 Å². The number of benzene rings is 1. The molecular formula is C17H17BrN8O2. The molecule has 0 bridgehead atoms. The fourth-order valence-corrected chi connectivity index (χ4v) is 2.95. The summed E-state index contributed by atoms with van der Waals surface area (Å²) in [7, 11) is 1.56. The predicted octanol–water partition coefficient (Wildman–Crippen LogP) is 1.09. The highest BCUT2D eigenvalue weighted by atomic mass is 79.9. The second-order valence-corrected chi connectivity index (χ2v) is 7.16. The van der Waals surface area contributed by atoms with Crippen LogP contribution in [0.1, 0.15) is 11.1 Å². The van der Waals surface area contributed by atoms with Crippen LogP contribution >= 0.6 is 15.9 Å². The van der Waals surface area contributed by atoms with Crippen LogP contribution in [0.2, 0.25) is 0 Å². The fourth-order valence-electron chi connectivity index (χ4n) is 2.71. The zero-order valence-corrected chi connectivity index (χ0v) is 16.8. The van der Waals surface area contributed by atoms with E-state index >= 15 is 0 Å². The summed E-state index contributed by atoms with van der Waals surface area (Å²) in [4.78, 5) is 16.5. The van der Waals surface area contributed by atoms with E-state index < -0.39 is 0 Å². The van der Waals surface area contributed by atoms with Gasteiger partial charge in [0.1, 0.15) is 6.61 Å². The lowest BCUT2D eigenvalue weighted by Crippen LogP contribution is -2.33. The smallest absolute Gasteiger partial charge is 0.368 e. The molecule has 28 heavy (non-hydrogen) atoms. The molecule has 1 aliphatic heterocycles. The monoisotopic (exact) mass is 444 g/mol. The third-order valence-electron chi connectivity index (χ3n) is 4.22. The molecule has 0 unspecified atom stereocenters. The van der Waals surface area contributed by atoms with E-state index in [9.17, 15) is 4.79 Å². The molecule has 10 nitrogen and oxygen atoms in total. The largest absolute Gasteiger partial charge is 0.472 e. The zero-order valence-electron chi connectivity index (χ0n) is 15.2. The number of tetrazole rings is 1. The minimum Gasteiger partial charge on any atom is -0.472 e. The summed E-state index contributed by atoms with van der Waals surface area (Å²) in [6, 6.07) is 7.38. The molecule has 0 aliphatic carbocycles. The van der Waals surface area contributed by atoms with E-state index in [-0.39, 0.29) is 12.3 Å². The molecule has 1 N–H and O–H groups in total. The van der Waals surface area contributed by atoms with Crippen LogP contribution in [0.25, 0.3) is 5.69 Å². The van der Waals surface area contributed by atoms with Crippen molar-refractivity contribution >= 4 is 21.9 Å². The van der Waals surface area contributed by atoms with E-state index in [4.69, 9.17) is 4.74 Å². The number of aliphatic imine (C=N–C) groups is 1. The van der Waals surface area contributed by atoms with Crippen molar-refractivity contribution in [1.29, 1.82) is 0 Å². The first-order chi connectivity index (χ1) is 13.5. The van der Waals surface area contributed by atoms with Gasteiger partial charge in [-0.2, -0.15) is 9.36 Å². The summed E-state index contributed by atoms with van der Waals surface area (Å²) < 4.78 is 10.9. The average Bonchev–Trinajstić information content (AvgIpc) is 3.29. The van der Waals surface area contributed by atoms with E-state index in [0.717, 1.165) is 15.6 Å². The molecule has 0 saturated heterocycles. The molecule has 0 radical (unpaired) electrons. The quantitative estimate of drug-likeness (QED) is 0.645. The Kier molecular flexibility index (Phi) is 4.82. The number of hydrogen-bond acceptors (Lipinski definition) is 7. The van der Waals surface area contributed by atoms with Gasteiger partial charge in [0.15, 0.2) is 0 Å². The van der Waals surface area contributed by atoms with Gasteiger partial charge in [-0.3, -0.25) is 0 Å². The normalized spacial score (nSPS) is 13.7. The molecule has 4 rings (SSSR count). The Morgan fingerprint density at radius 3 is 2.86 bits per heavy atom. The number of aryl methyl sites for hydroxylation is 2. The number of nitrogens with zero attached hydrogens (tertiary/aromatic N) is 7. The Bertz CT molecular complexity index is 1140. The van der Waals surface area contributed by atoms with Crippen LogP contribution in [0.3, 0.4) is 0 Å². The van der Waals surface area contributed by atoms with Crippen LogP contribution in [0.5, 0.6) is 5.88 Å². The van der Waals surface area contributed by atoms with Gasteiger partial charge < -0.3 is 10.1 Å². The highest BCUT2D eigenvalue weighted by Gasteiger charge is 2.15. The van der Waals surface area contributed by atoms with E-state index in [0.29, 0.717) is 24.1 Å². The standard InChI is InChI=1S/C17H17BrN8O2/c1-11-4-3-5-14(26-17(27)24(2)22-23-26)13(11)10-28-15-6-7-25(21-15)16-19-8-12(18)9-20-16/h3-8H,9-10H2,1-2H3,(H,19,20). The molecule has 3 heterocycles. The molecule has 1 aliphatic rings. The Morgan fingerprint density at radius 2 is 2.14 bits per heavy atom. The van der Waals surface area contributed by atoms with Crippen molar-refractivity contribution in [3.05, 3.63) is 62.8 Å². The minimum absolute atomic E-state index is 0.230. The van der Waals surface area contributed by atoms with Crippen LogP contribution < -0.4 is 15.7 Å². The molecule has 0 atom stereocenters. The maximum Gasteiger partial charge on any atom is 0.368 e. The number of rotatable bonds is 4. The molecule has 0 amide bonds. The van der Waals surface area contributed by atoms with Crippen molar-refractivity contribution in [2.75, 3.05) is 6.54 Å². The van der Waals surface area contributed by atoms with Gasteiger partial charge >= 0.3 is 5.69 Å². The summed E-state index contributed by atoms with van der Waals surface area (Å²) in [5.41, 5.74) is 2.12. The van der Waals surface area contributed by atoms with E-state index in [2.05, 4.69) is 41.8 Å². The van der Waals surface area contributed by atoms with E-state index in [1.807, 2.05) is 25.1 Å². The molecule has 0 spiro atoms. The van der Waals surface area contributed by atoms with Gasteiger partial charge in [-0.1, -0.05) is 28.1 Å². The van der Waals surface area contributed by atoms with Crippen molar-refractivity contribution in [1.82, 2.24) is 34.9 Å². The van der Waals surface area contributed by atoms with Gasteiger partial charge in [-0.25, -0.2) is 14.5 Å². The molecule has 144 valence electrons. The Balaban J connectivity index is 1.57. The van der Waals surface area contributed by atoms with Gasteiger partial charge in [-0.05, 0) is 29.0 Å². The predicted molar refractivity (Wildman–Crippen MR) is 106 cm³/mol. The van der Waals surface area contributed by atoms with E-state index in [1.165, 1.54) is 9.36 Å². The SMILES string of the molecule is Cc1cccc(-n2nnn(C)c2=O)c1COc1ccn(C2=NC=C(Br)CN2)n1. The molecule has 0 fully saturated rings. The Labute approximate surface area is 168 Å². The third kappa shape index (κ3) is 3.48. The first-order valence-electron chi connectivity index (χ1n) is 8.46. The Hall–Kier alpha value is -3.21. The molecule has 2 aromatic heterocycles. The highest BCUT2D eigenvalue weighted by molar-refractivity contribution is 9.11. The van der Waals surface area contributed by atoms with Gasteiger partial charge in [-0.15, -0.1) is 5.10 Å². The number of halogens is 1. The molecule has 3 aromatic rings. The minimum atomic E-state index is -0.322. The van der Waals surface area contributed by atoms with Crippen LogP contribution in [0.15, 0.2) is 50.9 Å². The molecule has 1 aromatic carbocycles. The van der Waals surface area contributed by atoms with Crippen molar-refractivity contribution < 1.29 is 4.74 Å². The fraction of sp³-hybridized carbons (Fsp3) is 0.235. The van der Waals surface area contributed by atoms with Gasteiger partial charge in [0, 0.05) is 35.6 Å². The molecule has 0 saturated carbocycles. The first kappa shape index (κ1) is 18.2. The molecular weight excluding hydrogens is 428 g/mol. The molecule has 11 heteroatoms. The van der Waals surface area contributed by atoms with Crippen LogP contribution in [-0.4, -0.2) is 42.1 Å². The van der Waals surface area contributed by atoms with Crippen LogP contribution in [0, 0.1) is 6.92 Å². The van der Waals surface area contributed by atoms with E-state index in [1.54, 1.807) is 30.2 Å². The number of ether oxygens (including phenoxy) is 1. The lowest BCUT2D eigenvalue weighted by molar-refractivity contribution is 0.291. The third-order valence-corrected chi connectivity index (χ3v) is 4.71. The van der Waals surface area contributed by atoms with Gasteiger partial charge in [0.2, 0.25) is 11.8 Å². The van der Waals surface area contributed by atoms with Crippen LogP contribution in [-0.2, 0) is 13.7 Å². The number of aromatic nitrogens is 6. The van der Waals surface area contributed by atoms with Gasteiger partial charge in [0.05, 0.1) is 12.2 Å². The topological polar surface area (TPSA) is 104 Å². The average molecular weight is 445 g/mol. The summed E-state index contributed by atoms with van der Waals surface area (Å²) in [5.74, 6) is 1.06. The second-order valence-electron chi connectivity index (χ2n) is 6.14. The summed E-state index contributed by atoms with van der Waals surface area (Å²) in [6.07, 6.45) is 3.49. The summed E-state index contributed by atoms with van der Waals surface area (Å²) in [6.45, 7) is 2.83. The lowest BCUT2D eigenvalue weighted by Gasteiger charge is -2.13. The van der Waals surface area contributed by atoms with Crippen molar-refractivity contribution in [2.45, 2.75) is 13.5 Å². The number of hydrogen-bond donors (Lipinski definition) is 1. The maximum atomic E-state index is 12.2. The zero-order chi connectivity index (χ0) is 19.7. The Morgan fingerprint density at radius 1 is 1.29 bits per heavy atom. The highest BCUT2D eigenvalue weighted by Crippen LogP contribution is 2.19. The first-order valence-corrected chi connectivity index (χ1v) is 9.25. The number of nitrogens with one attached hydrogen (secondary N) is 1. The van der Waals surface area contributed by atoms with Crippen LogP contribution in [0.4, 0.5) is 0 Å². The van der Waals surface area contributed by atoms with Gasteiger partial charge in [0.25, 0.3) is 0 Å².